The van der Waals surface area contributed by atoms with Crippen molar-refractivity contribution in [2.24, 2.45) is 5.92 Å². The number of carbonyl (C=O) groups excluding carboxylic acids is 1. The average molecular weight is 502 g/mol. The first-order valence-electron chi connectivity index (χ1n) is 13.1. The van der Waals surface area contributed by atoms with Crippen molar-refractivity contribution in [2.75, 3.05) is 18.9 Å². The maximum absolute atomic E-state index is 13.7. The summed E-state index contributed by atoms with van der Waals surface area (Å²) in [6.07, 6.45) is 5.34. The third-order valence-electron chi connectivity index (χ3n) is 7.21. The van der Waals surface area contributed by atoms with Crippen molar-refractivity contribution in [3.8, 4) is 5.69 Å². The summed E-state index contributed by atoms with van der Waals surface area (Å²) < 4.78 is 1.58. The van der Waals surface area contributed by atoms with Crippen LogP contribution in [0.25, 0.3) is 5.69 Å². The lowest BCUT2D eigenvalue weighted by molar-refractivity contribution is 0.0951. The van der Waals surface area contributed by atoms with Crippen LogP contribution in [0.1, 0.15) is 68.1 Å². The summed E-state index contributed by atoms with van der Waals surface area (Å²) in [4.78, 5) is 33.1. The maximum atomic E-state index is 13.7. The molecule has 1 aliphatic carbocycles. The maximum Gasteiger partial charge on any atom is 0.297 e. The number of benzene rings is 2. The van der Waals surface area contributed by atoms with Crippen molar-refractivity contribution >= 4 is 11.7 Å². The second kappa shape index (κ2) is 10.9. The van der Waals surface area contributed by atoms with Crippen LogP contribution in [0.2, 0.25) is 0 Å². The Morgan fingerprint density at radius 3 is 2.51 bits per heavy atom. The molecule has 7 heteroatoms. The molecule has 196 valence electrons. The lowest BCUT2D eigenvalue weighted by Gasteiger charge is -2.36. The zero-order chi connectivity index (χ0) is 26.7. The van der Waals surface area contributed by atoms with E-state index in [2.05, 4.69) is 67.4 Å². The van der Waals surface area contributed by atoms with Crippen LogP contribution in [0.4, 0.5) is 5.82 Å². The van der Waals surface area contributed by atoms with Crippen LogP contribution in [0, 0.1) is 12.8 Å². The van der Waals surface area contributed by atoms with E-state index in [-0.39, 0.29) is 40.8 Å². The van der Waals surface area contributed by atoms with E-state index in [1.54, 1.807) is 29.1 Å². The summed E-state index contributed by atoms with van der Waals surface area (Å²) in [5, 5.41) is 6.49. The number of hydrogen-bond acceptors (Lipinski definition) is 5. The number of aromatic nitrogens is 2. The molecule has 2 N–H and O–H groups in total. The van der Waals surface area contributed by atoms with Crippen molar-refractivity contribution in [2.45, 2.75) is 65.1 Å². The Morgan fingerprint density at radius 2 is 1.86 bits per heavy atom. The molecule has 0 saturated heterocycles. The Kier molecular flexibility index (Phi) is 7.83. The Morgan fingerprint density at radius 1 is 1.16 bits per heavy atom. The smallest absolute Gasteiger partial charge is 0.297 e. The zero-order valence-electron chi connectivity index (χ0n) is 22.8. The predicted molar refractivity (Wildman–Crippen MR) is 149 cm³/mol. The Bertz CT molecular complexity index is 1290. The number of nitrogens with zero attached hydrogens (tertiary/aromatic N) is 3. The second-order valence-corrected chi connectivity index (χ2v) is 11.3. The third-order valence-corrected chi connectivity index (χ3v) is 7.21. The second-order valence-electron chi connectivity index (χ2n) is 11.3. The van der Waals surface area contributed by atoms with Gasteiger partial charge in [0, 0.05) is 36.1 Å². The fraction of sp³-hybridized carbons (Fsp3) is 0.433. The quantitative estimate of drug-likeness (QED) is 0.434. The Balaban J connectivity index is 1.66. The number of aryl methyl sites for hydroxylation is 1. The van der Waals surface area contributed by atoms with Gasteiger partial charge in [-0.1, -0.05) is 43.3 Å². The lowest BCUT2D eigenvalue weighted by Crippen LogP contribution is -2.42. The van der Waals surface area contributed by atoms with Crippen molar-refractivity contribution in [3.63, 3.8) is 0 Å². The standard InChI is InChI=1S/C30H39N5O2/c1-20-12-13-23(28(36)32-24-14-15-24)18-25(20)35-17-16-31-27(29(35)37)33-26(22-10-8-7-9-11-22)21(2)19-34(6)30(3,4)5/h7-13,16-18,21,24,26H,14-15,19H2,1-6H3,(H,31,33)(H,32,36)/t21-,26-/m1/s1. The van der Waals surface area contributed by atoms with Gasteiger partial charge in [-0.25, -0.2) is 4.98 Å². The summed E-state index contributed by atoms with van der Waals surface area (Å²) in [6.45, 7) is 11.6. The number of hydrogen-bond donors (Lipinski definition) is 2. The van der Waals surface area contributed by atoms with Crippen molar-refractivity contribution in [1.29, 1.82) is 0 Å². The van der Waals surface area contributed by atoms with Gasteiger partial charge in [-0.2, -0.15) is 0 Å². The number of carbonyl (C=O) groups is 1. The average Bonchev–Trinajstić information content (AvgIpc) is 3.67. The molecule has 37 heavy (non-hydrogen) atoms. The summed E-state index contributed by atoms with van der Waals surface area (Å²) in [6, 6.07) is 15.8. The molecule has 2 aromatic carbocycles. The van der Waals surface area contributed by atoms with Gasteiger partial charge in [0.1, 0.15) is 0 Å². The minimum absolute atomic E-state index is 0.0293. The molecule has 7 nitrogen and oxygen atoms in total. The third kappa shape index (κ3) is 6.46. The molecule has 0 aliphatic heterocycles. The largest absolute Gasteiger partial charge is 0.358 e. The molecular formula is C30H39N5O2. The normalized spacial score (nSPS) is 15.3. The summed E-state index contributed by atoms with van der Waals surface area (Å²) >= 11 is 0. The first-order chi connectivity index (χ1) is 17.5. The lowest BCUT2D eigenvalue weighted by atomic mass is 9.92. The predicted octanol–water partition coefficient (Wildman–Crippen LogP) is 4.95. The van der Waals surface area contributed by atoms with Crippen LogP contribution in [0.3, 0.4) is 0 Å². The van der Waals surface area contributed by atoms with Gasteiger partial charge in [0.15, 0.2) is 5.82 Å². The molecular weight excluding hydrogens is 462 g/mol. The fourth-order valence-corrected chi connectivity index (χ4v) is 4.38. The molecule has 1 saturated carbocycles. The van der Waals surface area contributed by atoms with Gasteiger partial charge in [0.25, 0.3) is 11.5 Å². The van der Waals surface area contributed by atoms with Crippen LogP contribution >= 0.6 is 0 Å². The van der Waals surface area contributed by atoms with Crippen molar-refractivity contribution < 1.29 is 4.79 Å². The van der Waals surface area contributed by atoms with Gasteiger partial charge in [-0.3, -0.25) is 14.2 Å². The Labute approximate surface area is 219 Å². The number of nitrogens with one attached hydrogen (secondary N) is 2. The molecule has 1 fully saturated rings. The van der Waals surface area contributed by atoms with Crippen molar-refractivity contribution in [3.05, 3.63) is 88.0 Å². The Hall–Kier alpha value is -3.45. The highest BCUT2D eigenvalue weighted by Crippen LogP contribution is 2.28. The van der Waals surface area contributed by atoms with Gasteiger partial charge < -0.3 is 15.5 Å². The highest BCUT2D eigenvalue weighted by atomic mass is 16.2. The molecule has 0 radical (unpaired) electrons. The fourth-order valence-electron chi connectivity index (χ4n) is 4.38. The molecule has 0 unspecified atom stereocenters. The van der Waals surface area contributed by atoms with E-state index in [1.807, 2.05) is 31.2 Å². The van der Waals surface area contributed by atoms with Gasteiger partial charge in [0.2, 0.25) is 0 Å². The first kappa shape index (κ1) is 26.6. The topological polar surface area (TPSA) is 79.3 Å². The molecule has 1 amide bonds. The van der Waals surface area contributed by atoms with Crippen LogP contribution in [-0.4, -0.2) is 45.5 Å². The van der Waals surface area contributed by atoms with E-state index in [1.165, 1.54) is 0 Å². The van der Waals surface area contributed by atoms with Gasteiger partial charge in [0.05, 0.1) is 11.7 Å². The molecule has 3 aromatic rings. The molecule has 0 spiro atoms. The minimum Gasteiger partial charge on any atom is -0.358 e. The SMILES string of the molecule is Cc1ccc(C(=O)NC2CC2)cc1-n1ccnc(N[C@@H](c2ccccc2)[C@H](C)CN(C)C(C)(C)C)c1=O. The van der Waals surface area contributed by atoms with Gasteiger partial charge in [-0.05, 0) is 76.8 Å². The zero-order valence-corrected chi connectivity index (χ0v) is 22.8. The van der Waals surface area contributed by atoms with E-state index in [0.29, 0.717) is 11.3 Å². The van der Waals surface area contributed by atoms with E-state index >= 15 is 0 Å². The van der Waals surface area contributed by atoms with Crippen LogP contribution < -0.4 is 16.2 Å². The summed E-state index contributed by atoms with van der Waals surface area (Å²) in [5.41, 5.74) is 3.01. The number of anilines is 1. The van der Waals surface area contributed by atoms with Crippen LogP contribution in [-0.2, 0) is 0 Å². The molecule has 1 aromatic heterocycles. The van der Waals surface area contributed by atoms with E-state index in [0.717, 1.165) is 30.5 Å². The van der Waals surface area contributed by atoms with Gasteiger partial charge in [-0.15, -0.1) is 0 Å². The van der Waals surface area contributed by atoms with E-state index < -0.39 is 0 Å². The number of rotatable bonds is 9. The summed E-state index contributed by atoms with van der Waals surface area (Å²) in [7, 11) is 2.13. The molecule has 1 heterocycles. The van der Waals surface area contributed by atoms with E-state index in [9.17, 15) is 9.59 Å². The first-order valence-corrected chi connectivity index (χ1v) is 13.1. The van der Waals surface area contributed by atoms with E-state index in [4.69, 9.17) is 0 Å². The van der Waals surface area contributed by atoms with Crippen molar-refractivity contribution in [1.82, 2.24) is 19.8 Å². The van der Waals surface area contributed by atoms with Crippen LogP contribution in [0.5, 0.6) is 0 Å². The highest BCUT2D eigenvalue weighted by Gasteiger charge is 2.27. The highest BCUT2D eigenvalue weighted by molar-refractivity contribution is 5.95. The molecule has 0 bridgehead atoms. The molecule has 4 rings (SSSR count). The monoisotopic (exact) mass is 501 g/mol. The minimum atomic E-state index is -0.248. The van der Waals surface area contributed by atoms with Gasteiger partial charge >= 0.3 is 0 Å². The molecule has 2 atom stereocenters. The van der Waals surface area contributed by atoms with Crippen LogP contribution in [0.15, 0.2) is 65.7 Å². The number of amides is 1. The molecule has 1 aliphatic rings. The summed E-state index contributed by atoms with van der Waals surface area (Å²) in [5.74, 6) is 0.372.